The van der Waals surface area contributed by atoms with Gasteiger partial charge in [-0.3, -0.25) is 19.3 Å². The fourth-order valence-electron chi connectivity index (χ4n) is 2.96. The second-order valence-electron chi connectivity index (χ2n) is 7.37. The smallest absolute Gasteiger partial charge is 0.335 e. The van der Waals surface area contributed by atoms with Crippen LogP contribution in [0.4, 0.5) is 5.69 Å². The van der Waals surface area contributed by atoms with Gasteiger partial charge >= 0.3 is 5.97 Å². The molecule has 0 radical (unpaired) electrons. The van der Waals surface area contributed by atoms with Gasteiger partial charge in [-0.15, -0.1) is 0 Å². The lowest BCUT2D eigenvalue weighted by molar-refractivity contribution is 0.0506. The summed E-state index contributed by atoms with van der Waals surface area (Å²) in [5.41, 5.74) is -0.318. The molecule has 0 bridgehead atoms. The number of anilines is 1. The number of phenols is 1. The van der Waals surface area contributed by atoms with E-state index in [-0.39, 0.29) is 27.9 Å². The number of hydrogen-bond donors (Lipinski definition) is 3. The zero-order chi connectivity index (χ0) is 20.8. The number of nitrogens with one attached hydrogen (secondary N) is 1. The highest BCUT2D eigenvalue weighted by Gasteiger charge is 2.42. The summed E-state index contributed by atoms with van der Waals surface area (Å²) < 4.78 is 0. The molecule has 1 aliphatic rings. The molecule has 0 saturated carbocycles. The van der Waals surface area contributed by atoms with Crippen molar-refractivity contribution in [2.24, 2.45) is 0 Å². The van der Waals surface area contributed by atoms with Crippen molar-refractivity contribution < 1.29 is 29.4 Å². The second kappa shape index (κ2) is 6.49. The molecule has 0 aliphatic carbocycles. The summed E-state index contributed by atoms with van der Waals surface area (Å²) in [6.07, 6.45) is 0. The Hall–Kier alpha value is -3.68. The van der Waals surface area contributed by atoms with Crippen molar-refractivity contribution in [3.63, 3.8) is 0 Å². The number of aromatic carboxylic acids is 1. The van der Waals surface area contributed by atoms with E-state index in [1.54, 1.807) is 20.8 Å². The van der Waals surface area contributed by atoms with Crippen LogP contribution < -0.4 is 5.32 Å². The molecule has 1 heterocycles. The highest BCUT2D eigenvalue weighted by molar-refractivity contribution is 6.22. The van der Waals surface area contributed by atoms with Gasteiger partial charge in [-0.25, -0.2) is 4.79 Å². The molecule has 0 aromatic heterocycles. The molecule has 3 N–H and O–H groups in total. The Bertz CT molecular complexity index is 1040. The summed E-state index contributed by atoms with van der Waals surface area (Å²) in [5.74, 6) is -3.12. The SMILES string of the molecule is CC(C)(C)N1C(=O)c2ccc(C(=O)Nc3ccc(C(=O)O)cc3O)cc2C1=O. The van der Waals surface area contributed by atoms with Gasteiger partial charge in [-0.2, -0.15) is 0 Å². The summed E-state index contributed by atoms with van der Waals surface area (Å²) in [4.78, 5) is 49.7. The molecule has 28 heavy (non-hydrogen) atoms. The molecule has 1 aliphatic heterocycles. The van der Waals surface area contributed by atoms with E-state index < -0.39 is 35.0 Å². The van der Waals surface area contributed by atoms with Crippen molar-refractivity contribution in [1.29, 1.82) is 0 Å². The molecular weight excluding hydrogens is 364 g/mol. The zero-order valence-electron chi connectivity index (χ0n) is 15.4. The van der Waals surface area contributed by atoms with Crippen LogP contribution in [0.3, 0.4) is 0 Å². The maximum atomic E-state index is 12.6. The maximum Gasteiger partial charge on any atom is 0.335 e. The Labute approximate surface area is 160 Å². The first-order chi connectivity index (χ1) is 13.0. The van der Waals surface area contributed by atoms with Gasteiger partial charge < -0.3 is 15.5 Å². The molecule has 3 amide bonds. The molecule has 0 fully saturated rings. The molecule has 2 aromatic rings. The first kappa shape index (κ1) is 19.1. The summed E-state index contributed by atoms with van der Waals surface area (Å²) in [7, 11) is 0. The highest BCUT2D eigenvalue weighted by Crippen LogP contribution is 2.30. The number of imide groups is 1. The third kappa shape index (κ3) is 3.20. The number of rotatable bonds is 3. The minimum atomic E-state index is -1.21. The van der Waals surface area contributed by atoms with E-state index in [4.69, 9.17) is 5.11 Å². The first-order valence-corrected chi connectivity index (χ1v) is 8.41. The molecule has 3 rings (SSSR count). The summed E-state index contributed by atoms with van der Waals surface area (Å²) in [6.45, 7) is 5.23. The van der Waals surface area contributed by atoms with Gasteiger partial charge in [0.25, 0.3) is 17.7 Å². The van der Waals surface area contributed by atoms with Crippen LogP contribution in [-0.2, 0) is 0 Å². The van der Waals surface area contributed by atoms with Crippen molar-refractivity contribution >= 4 is 29.4 Å². The first-order valence-electron chi connectivity index (χ1n) is 8.41. The summed E-state index contributed by atoms with van der Waals surface area (Å²) in [5, 5.41) is 21.3. The fourth-order valence-corrected chi connectivity index (χ4v) is 2.96. The number of carboxylic acids is 1. The third-order valence-corrected chi connectivity index (χ3v) is 4.31. The number of carboxylic acid groups (broad SMARTS) is 1. The van der Waals surface area contributed by atoms with Crippen molar-refractivity contribution in [2.75, 3.05) is 5.32 Å². The minimum absolute atomic E-state index is 0.0224. The standard InChI is InChI=1S/C20H18N2O6/c1-20(2,3)22-17(25)12-6-4-10(8-13(12)18(22)26)16(24)21-14-7-5-11(19(27)28)9-15(14)23/h4-9,23H,1-3H3,(H,21,24)(H,27,28). The van der Waals surface area contributed by atoms with Crippen molar-refractivity contribution in [1.82, 2.24) is 4.90 Å². The number of phenolic OH excluding ortho intramolecular Hbond substituents is 1. The van der Waals surface area contributed by atoms with Crippen molar-refractivity contribution in [2.45, 2.75) is 26.3 Å². The second-order valence-corrected chi connectivity index (χ2v) is 7.37. The number of fused-ring (bicyclic) bond motifs is 1. The zero-order valence-corrected chi connectivity index (χ0v) is 15.4. The summed E-state index contributed by atoms with van der Waals surface area (Å²) >= 11 is 0. The van der Waals surface area contributed by atoms with Crippen LogP contribution in [-0.4, -0.2) is 44.3 Å². The van der Waals surface area contributed by atoms with Gasteiger partial charge in [0, 0.05) is 11.1 Å². The van der Waals surface area contributed by atoms with Gasteiger partial charge in [0.2, 0.25) is 0 Å². The fraction of sp³-hybridized carbons (Fsp3) is 0.200. The molecule has 0 unspecified atom stereocenters. The predicted octanol–water partition coefficient (Wildman–Crippen LogP) is 2.74. The normalized spacial score (nSPS) is 13.5. The monoisotopic (exact) mass is 382 g/mol. The van der Waals surface area contributed by atoms with Gasteiger partial charge in [0.05, 0.1) is 22.4 Å². The number of hydrogen-bond acceptors (Lipinski definition) is 5. The molecule has 0 spiro atoms. The van der Waals surface area contributed by atoms with E-state index in [1.807, 2.05) is 0 Å². The van der Waals surface area contributed by atoms with E-state index in [1.165, 1.54) is 30.3 Å². The number of benzene rings is 2. The maximum absolute atomic E-state index is 12.6. The van der Waals surface area contributed by atoms with Gasteiger partial charge in [-0.1, -0.05) is 0 Å². The third-order valence-electron chi connectivity index (χ3n) is 4.31. The van der Waals surface area contributed by atoms with Crippen LogP contribution >= 0.6 is 0 Å². The lowest BCUT2D eigenvalue weighted by Crippen LogP contribution is -2.45. The molecule has 8 nitrogen and oxygen atoms in total. The molecule has 0 atom stereocenters. The van der Waals surface area contributed by atoms with E-state index in [2.05, 4.69) is 5.32 Å². The lowest BCUT2D eigenvalue weighted by Gasteiger charge is -2.29. The minimum Gasteiger partial charge on any atom is -0.506 e. The van der Waals surface area contributed by atoms with Crippen LogP contribution in [0, 0.1) is 0 Å². The van der Waals surface area contributed by atoms with E-state index in [0.717, 1.165) is 11.0 Å². The number of carbonyl (C=O) groups is 4. The number of nitrogens with zero attached hydrogens (tertiary/aromatic N) is 1. The Morgan fingerprint density at radius 1 is 0.929 bits per heavy atom. The van der Waals surface area contributed by atoms with Crippen LogP contribution in [0.5, 0.6) is 5.75 Å². The average Bonchev–Trinajstić information content (AvgIpc) is 2.86. The van der Waals surface area contributed by atoms with Crippen LogP contribution in [0.25, 0.3) is 0 Å². The van der Waals surface area contributed by atoms with Gasteiger partial charge in [0.15, 0.2) is 0 Å². The predicted molar refractivity (Wildman–Crippen MR) is 99.7 cm³/mol. The quantitative estimate of drug-likeness (QED) is 0.554. The van der Waals surface area contributed by atoms with E-state index in [9.17, 15) is 24.3 Å². The molecule has 8 heteroatoms. The molecule has 0 saturated heterocycles. The average molecular weight is 382 g/mol. The van der Waals surface area contributed by atoms with Crippen molar-refractivity contribution in [3.05, 3.63) is 58.7 Å². The molecule has 144 valence electrons. The highest BCUT2D eigenvalue weighted by atomic mass is 16.4. The largest absolute Gasteiger partial charge is 0.506 e. The Morgan fingerprint density at radius 3 is 2.11 bits per heavy atom. The lowest BCUT2D eigenvalue weighted by atomic mass is 10.1. The van der Waals surface area contributed by atoms with Crippen LogP contribution in [0.2, 0.25) is 0 Å². The Kier molecular flexibility index (Phi) is 4.42. The van der Waals surface area contributed by atoms with Gasteiger partial charge in [-0.05, 0) is 57.2 Å². The number of amides is 3. The van der Waals surface area contributed by atoms with Gasteiger partial charge in [0.1, 0.15) is 5.75 Å². The topological polar surface area (TPSA) is 124 Å². The number of aromatic hydroxyl groups is 1. The van der Waals surface area contributed by atoms with E-state index in [0.29, 0.717) is 0 Å². The van der Waals surface area contributed by atoms with Crippen LogP contribution in [0.1, 0.15) is 62.2 Å². The summed E-state index contributed by atoms with van der Waals surface area (Å²) in [6, 6.07) is 7.69. The number of carbonyl (C=O) groups excluding carboxylic acids is 3. The Balaban J connectivity index is 1.88. The van der Waals surface area contributed by atoms with Crippen LogP contribution in [0.15, 0.2) is 36.4 Å². The van der Waals surface area contributed by atoms with Crippen molar-refractivity contribution in [3.8, 4) is 5.75 Å². The molecular formula is C20H18N2O6. The van der Waals surface area contributed by atoms with E-state index >= 15 is 0 Å². The Morgan fingerprint density at radius 2 is 1.54 bits per heavy atom. The molecule has 2 aromatic carbocycles.